The third kappa shape index (κ3) is 6.78. The van der Waals surface area contributed by atoms with Crippen LogP contribution in [0, 0.1) is 0 Å². The summed E-state index contributed by atoms with van der Waals surface area (Å²) in [4.78, 5) is 21.9. The van der Waals surface area contributed by atoms with Gasteiger partial charge in [0.1, 0.15) is 5.60 Å². The summed E-state index contributed by atoms with van der Waals surface area (Å²) in [6.07, 6.45) is 4.67. The van der Waals surface area contributed by atoms with Crippen molar-refractivity contribution in [3.8, 4) is 0 Å². The van der Waals surface area contributed by atoms with Crippen LogP contribution in [0.4, 0.5) is 4.79 Å². The lowest BCUT2D eigenvalue weighted by molar-refractivity contribution is 0.0507. The number of hydrogen-bond donors (Lipinski definition) is 3. The molecular formula is C22H34IN5O2. The van der Waals surface area contributed by atoms with Crippen molar-refractivity contribution in [1.82, 2.24) is 20.5 Å². The summed E-state index contributed by atoms with van der Waals surface area (Å²) in [6.45, 7) is 8.07. The van der Waals surface area contributed by atoms with E-state index in [-0.39, 0.29) is 36.1 Å². The van der Waals surface area contributed by atoms with E-state index in [1.54, 1.807) is 7.05 Å². The van der Waals surface area contributed by atoms with Crippen molar-refractivity contribution in [2.24, 2.45) is 4.99 Å². The highest BCUT2D eigenvalue weighted by Gasteiger charge is 2.27. The van der Waals surface area contributed by atoms with Crippen LogP contribution in [0.15, 0.2) is 35.5 Å². The van der Waals surface area contributed by atoms with Gasteiger partial charge in [-0.1, -0.05) is 18.2 Å². The highest BCUT2D eigenvalue weighted by atomic mass is 127. The number of likely N-dealkylation sites (tertiary alicyclic amines) is 1. The minimum Gasteiger partial charge on any atom is -0.444 e. The van der Waals surface area contributed by atoms with Crippen molar-refractivity contribution in [2.75, 3.05) is 26.7 Å². The molecule has 0 saturated carbocycles. The van der Waals surface area contributed by atoms with Crippen LogP contribution in [-0.2, 0) is 11.2 Å². The summed E-state index contributed by atoms with van der Waals surface area (Å²) < 4.78 is 5.35. The number of halogens is 1. The first kappa shape index (κ1) is 24.3. The van der Waals surface area contributed by atoms with Crippen LogP contribution >= 0.6 is 24.0 Å². The second-order valence-electron chi connectivity index (χ2n) is 8.51. The molecule has 30 heavy (non-hydrogen) atoms. The van der Waals surface area contributed by atoms with Gasteiger partial charge in [-0.2, -0.15) is 0 Å². The molecule has 2 aromatic rings. The molecule has 3 N–H and O–H groups in total. The third-order valence-electron chi connectivity index (χ3n) is 5.00. The smallest absolute Gasteiger partial charge is 0.407 e. The quantitative estimate of drug-likeness (QED) is 0.239. The van der Waals surface area contributed by atoms with Gasteiger partial charge < -0.3 is 25.3 Å². The second kappa shape index (κ2) is 10.9. The van der Waals surface area contributed by atoms with E-state index in [0.29, 0.717) is 0 Å². The number of para-hydroxylation sites is 1. The number of alkyl carbamates (subject to hydrolysis) is 1. The van der Waals surface area contributed by atoms with Crippen LogP contribution in [0.25, 0.3) is 10.9 Å². The number of carbonyl (C=O) groups excluding carboxylic acids is 1. The summed E-state index contributed by atoms with van der Waals surface area (Å²) in [6, 6.07) is 8.47. The fourth-order valence-corrected chi connectivity index (χ4v) is 3.69. The molecule has 1 aliphatic rings. The number of aliphatic imine (C=N–C) groups is 1. The molecule has 1 unspecified atom stereocenters. The summed E-state index contributed by atoms with van der Waals surface area (Å²) in [5, 5.41) is 7.71. The highest BCUT2D eigenvalue weighted by molar-refractivity contribution is 14.0. The van der Waals surface area contributed by atoms with Gasteiger partial charge in [-0.25, -0.2) is 4.79 Å². The number of amides is 1. The average Bonchev–Trinajstić information content (AvgIpc) is 3.27. The van der Waals surface area contributed by atoms with Gasteiger partial charge in [0.15, 0.2) is 5.96 Å². The van der Waals surface area contributed by atoms with Gasteiger partial charge in [-0.15, -0.1) is 24.0 Å². The predicted octanol–water partition coefficient (Wildman–Crippen LogP) is 3.89. The molecule has 3 rings (SSSR count). The zero-order valence-corrected chi connectivity index (χ0v) is 20.7. The number of rotatable bonds is 5. The Morgan fingerprint density at radius 3 is 2.83 bits per heavy atom. The van der Waals surface area contributed by atoms with E-state index in [9.17, 15) is 4.79 Å². The lowest BCUT2D eigenvalue weighted by Gasteiger charge is -2.23. The fourth-order valence-electron chi connectivity index (χ4n) is 3.69. The number of guanidine groups is 1. The molecule has 1 saturated heterocycles. The molecule has 8 heteroatoms. The van der Waals surface area contributed by atoms with E-state index in [2.05, 4.69) is 56.0 Å². The van der Waals surface area contributed by atoms with Gasteiger partial charge in [0.25, 0.3) is 0 Å². The molecule has 1 fully saturated rings. The Kier molecular flexibility index (Phi) is 8.81. The third-order valence-corrected chi connectivity index (χ3v) is 5.00. The number of hydrogen-bond acceptors (Lipinski definition) is 3. The van der Waals surface area contributed by atoms with Gasteiger partial charge in [0, 0.05) is 43.8 Å². The number of ether oxygens (including phenoxy) is 1. The first-order chi connectivity index (χ1) is 13.9. The van der Waals surface area contributed by atoms with Gasteiger partial charge >= 0.3 is 6.09 Å². The number of aryl methyl sites for hydroxylation is 1. The van der Waals surface area contributed by atoms with E-state index in [0.717, 1.165) is 44.9 Å². The Morgan fingerprint density at radius 2 is 2.10 bits per heavy atom. The molecule has 1 aliphatic heterocycles. The maximum atomic E-state index is 12.0. The van der Waals surface area contributed by atoms with Crippen LogP contribution in [0.5, 0.6) is 0 Å². The Morgan fingerprint density at radius 1 is 1.33 bits per heavy atom. The van der Waals surface area contributed by atoms with Crippen molar-refractivity contribution in [1.29, 1.82) is 0 Å². The van der Waals surface area contributed by atoms with Crippen molar-refractivity contribution >= 4 is 46.9 Å². The van der Waals surface area contributed by atoms with Gasteiger partial charge in [-0.05, 0) is 51.7 Å². The maximum absolute atomic E-state index is 12.0. The number of fused-ring (bicyclic) bond motifs is 1. The molecule has 166 valence electrons. The van der Waals surface area contributed by atoms with Gasteiger partial charge in [-0.3, -0.25) is 4.99 Å². The van der Waals surface area contributed by atoms with E-state index < -0.39 is 5.60 Å². The molecule has 0 spiro atoms. The molecule has 0 bridgehead atoms. The number of nitrogens with zero attached hydrogens (tertiary/aromatic N) is 2. The molecular weight excluding hydrogens is 493 g/mol. The standard InChI is InChI=1S/C22H33N5O2.HI/c1-22(2,3)29-21(28)26-17-11-13-27(15-17)20(23-4)24-12-7-8-16-14-25-19-10-6-5-9-18(16)19;/h5-6,9-10,14,17,25H,7-8,11-13,15H2,1-4H3,(H,23,24)(H,26,28);1H. The van der Waals surface area contributed by atoms with E-state index in [4.69, 9.17) is 4.74 Å². The number of nitrogens with one attached hydrogen (secondary N) is 3. The molecule has 2 heterocycles. The van der Waals surface area contributed by atoms with Crippen molar-refractivity contribution in [3.05, 3.63) is 36.0 Å². The molecule has 0 aliphatic carbocycles. The number of carbonyl (C=O) groups is 1. The zero-order chi connectivity index (χ0) is 20.9. The van der Waals surface area contributed by atoms with Crippen LogP contribution in [0.1, 0.15) is 39.2 Å². The largest absolute Gasteiger partial charge is 0.444 e. The molecule has 0 radical (unpaired) electrons. The van der Waals surface area contributed by atoms with Crippen LogP contribution in [0.3, 0.4) is 0 Å². The second-order valence-corrected chi connectivity index (χ2v) is 8.51. The lowest BCUT2D eigenvalue weighted by atomic mass is 10.1. The van der Waals surface area contributed by atoms with Crippen LogP contribution < -0.4 is 10.6 Å². The van der Waals surface area contributed by atoms with E-state index in [1.165, 1.54) is 16.5 Å². The summed E-state index contributed by atoms with van der Waals surface area (Å²) >= 11 is 0. The first-order valence-electron chi connectivity index (χ1n) is 10.4. The van der Waals surface area contributed by atoms with Crippen molar-refractivity contribution in [2.45, 2.75) is 51.7 Å². The van der Waals surface area contributed by atoms with Gasteiger partial charge in [0.05, 0.1) is 6.04 Å². The molecule has 7 nitrogen and oxygen atoms in total. The molecule has 1 amide bonds. The molecule has 1 aromatic heterocycles. The normalized spacial score (nSPS) is 17.0. The Balaban J connectivity index is 0.00000320. The van der Waals surface area contributed by atoms with Crippen LogP contribution in [-0.4, -0.2) is 60.3 Å². The first-order valence-corrected chi connectivity index (χ1v) is 10.4. The topological polar surface area (TPSA) is 81.8 Å². The fraction of sp³-hybridized carbons (Fsp3) is 0.545. The summed E-state index contributed by atoms with van der Waals surface area (Å²) in [7, 11) is 1.80. The number of aromatic amines is 1. The van der Waals surface area contributed by atoms with Crippen molar-refractivity contribution < 1.29 is 9.53 Å². The molecule has 1 atom stereocenters. The Hall–Kier alpha value is -1.97. The monoisotopic (exact) mass is 527 g/mol. The highest BCUT2D eigenvalue weighted by Crippen LogP contribution is 2.19. The number of H-pyrrole nitrogens is 1. The average molecular weight is 527 g/mol. The van der Waals surface area contributed by atoms with Crippen LogP contribution in [0.2, 0.25) is 0 Å². The van der Waals surface area contributed by atoms with E-state index >= 15 is 0 Å². The Bertz CT molecular complexity index is 859. The van der Waals surface area contributed by atoms with Gasteiger partial charge in [0.2, 0.25) is 0 Å². The minimum absolute atomic E-state index is 0. The van der Waals surface area contributed by atoms with E-state index in [1.807, 2.05) is 20.8 Å². The molecule has 1 aromatic carbocycles. The minimum atomic E-state index is -0.481. The predicted molar refractivity (Wildman–Crippen MR) is 133 cm³/mol. The SMILES string of the molecule is CN=C(NCCCc1c[nH]c2ccccc12)N1CCC(NC(=O)OC(C)(C)C)C1.I. The zero-order valence-electron chi connectivity index (χ0n) is 18.3. The number of aromatic nitrogens is 1. The maximum Gasteiger partial charge on any atom is 0.407 e. The number of benzene rings is 1. The Labute approximate surface area is 196 Å². The lowest BCUT2D eigenvalue weighted by Crippen LogP contribution is -2.44. The summed E-state index contributed by atoms with van der Waals surface area (Å²) in [5.74, 6) is 0.886. The van der Waals surface area contributed by atoms with Crippen molar-refractivity contribution in [3.63, 3.8) is 0 Å². The summed E-state index contributed by atoms with van der Waals surface area (Å²) in [5.41, 5.74) is 2.05.